The minimum absolute atomic E-state index is 0.0378. The lowest BCUT2D eigenvalue weighted by Crippen LogP contribution is -2.15. The first-order valence-corrected chi connectivity index (χ1v) is 9.33. The molecule has 0 aliphatic rings. The van der Waals surface area contributed by atoms with Gasteiger partial charge in [-0.3, -0.25) is 4.72 Å². The van der Waals surface area contributed by atoms with Gasteiger partial charge in [0, 0.05) is 12.3 Å². The fraction of sp³-hybridized carbons (Fsp3) is 0.167. The van der Waals surface area contributed by atoms with Crippen LogP contribution in [0.5, 0.6) is 5.75 Å². The van der Waals surface area contributed by atoms with Crippen LogP contribution in [0, 0.1) is 6.92 Å². The molecule has 2 N–H and O–H groups in total. The van der Waals surface area contributed by atoms with E-state index in [1.807, 2.05) is 13.1 Å². The average Bonchev–Trinajstić information content (AvgIpc) is 3.07. The first-order valence-electron chi connectivity index (χ1n) is 7.85. The predicted octanol–water partition coefficient (Wildman–Crippen LogP) is 2.48. The number of anilines is 1. The summed E-state index contributed by atoms with van der Waals surface area (Å²) in [6.45, 7) is 1.52. The van der Waals surface area contributed by atoms with Gasteiger partial charge in [0.05, 0.1) is 42.0 Å². The maximum atomic E-state index is 12.7. The van der Waals surface area contributed by atoms with E-state index in [1.165, 1.54) is 13.2 Å². The van der Waals surface area contributed by atoms with Crippen LogP contribution in [0.3, 0.4) is 0 Å². The van der Waals surface area contributed by atoms with Gasteiger partial charge in [-0.05, 0) is 30.7 Å². The molecule has 0 aliphatic carbocycles. The van der Waals surface area contributed by atoms with Crippen LogP contribution >= 0.6 is 0 Å². The highest BCUT2D eigenvalue weighted by Gasteiger charge is 2.19. The molecule has 3 aromatic rings. The molecular weight excluding hydrogens is 354 g/mol. The number of aliphatic hydroxyl groups excluding tert-OH is 1. The summed E-state index contributed by atoms with van der Waals surface area (Å²) >= 11 is 0. The van der Waals surface area contributed by atoms with Crippen LogP contribution in [0.25, 0.3) is 5.69 Å². The number of benzene rings is 2. The van der Waals surface area contributed by atoms with E-state index in [4.69, 9.17) is 4.74 Å². The Kier molecular flexibility index (Phi) is 4.97. The summed E-state index contributed by atoms with van der Waals surface area (Å²) in [4.78, 5) is 4.22. The summed E-state index contributed by atoms with van der Waals surface area (Å²) in [6, 6.07) is 11.3. The monoisotopic (exact) mass is 373 g/mol. The lowest BCUT2D eigenvalue weighted by Gasteiger charge is -2.14. The molecule has 0 amide bonds. The largest absolute Gasteiger partial charge is 0.494 e. The van der Waals surface area contributed by atoms with Gasteiger partial charge in [-0.25, -0.2) is 13.4 Å². The zero-order chi connectivity index (χ0) is 18.7. The summed E-state index contributed by atoms with van der Waals surface area (Å²) in [6.07, 6.45) is 3.51. The molecule has 0 radical (unpaired) electrons. The van der Waals surface area contributed by atoms with Crippen molar-refractivity contribution in [2.75, 3.05) is 11.8 Å². The molecule has 0 spiro atoms. The number of hydrogen-bond donors (Lipinski definition) is 2. The van der Waals surface area contributed by atoms with Crippen molar-refractivity contribution < 1.29 is 18.3 Å². The molecule has 2 aromatic carbocycles. The minimum atomic E-state index is -3.84. The van der Waals surface area contributed by atoms with Gasteiger partial charge in [0.2, 0.25) is 0 Å². The van der Waals surface area contributed by atoms with E-state index >= 15 is 0 Å². The Balaban J connectivity index is 1.95. The first kappa shape index (κ1) is 18.0. The highest BCUT2D eigenvalue weighted by Crippen LogP contribution is 2.28. The quantitative estimate of drug-likeness (QED) is 0.692. The molecule has 0 atom stereocenters. The third-order valence-electron chi connectivity index (χ3n) is 3.85. The molecule has 0 aliphatic heterocycles. The smallest absolute Gasteiger partial charge is 0.262 e. The van der Waals surface area contributed by atoms with Crippen LogP contribution in [0.1, 0.15) is 11.3 Å². The standard InChI is InChI=1S/C18H19N3O4S/c1-13-10-21(12-19-13)16-8-7-15(9-17(16)25-2)20-26(23,24)18-6-4-3-5-14(18)11-22/h3-10,12,20,22H,11H2,1-2H3. The lowest BCUT2D eigenvalue weighted by atomic mass is 10.2. The summed E-state index contributed by atoms with van der Waals surface area (Å²) in [7, 11) is -2.32. The minimum Gasteiger partial charge on any atom is -0.494 e. The number of aryl methyl sites for hydroxylation is 1. The van der Waals surface area contributed by atoms with E-state index in [2.05, 4.69) is 9.71 Å². The molecule has 0 saturated heterocycles. The fourth-order valence-corrected chi connectivity index (χ4v) is 3.90. The Hall–Kier alpha value is -2.84. The van der Waals surface area contributed by atoms with Crippen molar-refractivity contribution in [2.45, 2.75) is 18.4 Å². The molecule has 1 heterocycles. The Morgan fingerprint density at radius 3 is 2.65 bits per heavy atom. The van der Waals surface area contributed by atoms with Crippen molar-refractivity contribution in [2.24, 2.45) is 0 Å². The predicted molar refractivity (Wildman–Crippen MR) is 98.0 cm³/mol. The van der Waals surface area contributed by atoms with Crippen LogP contribution in [-0.4, -0.2) is 30.2 Å². The topological polar surface area (TPSA) is 93.5 Å². The molecule has 7 nitrogen and oxygen atoms in total. The zero-order valence-corrected chi connectivity index (χ0v) is 15.2. The van der Waals surface area contributed by atoms with Crippen molar-refractivity contribution in [3.05, 3.63) is 66.2 Å². The van der Waals surface area contributed by atoms with Gasteiger partial charge in [0.25, 0.3) is 10.0 Å². The maximum absolute atomic E-state index is 12.7. The molecule has 0 bridgehead atoms. The molecule has 3 rings (SSSR count). The van der Waals surface area contributed by atoms with E-state index in [0.29, 0.717) is 17.0 Å². The molecule has 26 heavy (non-hydrogen) atoms. The van der Waals surface area contributed by atoms with Gasteiger partial charge in [-0.15, -0.1) is 0 Å². The molecular formula is C18H19N3O4S. The lowest BCUT2D eigenvalue weighted by molar-refractivity contribution is 0.278. The molecule has 0 saturated carbocycles. The number of nitrogens with one attached hydrogen (secondary N) is 1. The highest BCUT2D eigenvalue weighted by molar-refractivity contribution is 7.92. The Morgan fingerprint density at radius 1 is 1.23 bits per heavy atom. The third kappa shape index (κ3) is 3.56. The van der Waals surface area contributed by atoms with Gasteiger partial charge in [0.1, 0.15) is 5.75 Å². The van der Waals surface area contributed by atoms with Crippen molar-refractivity contribution in [1.29, 1.82) is 0 Å². The second-order valence-corrected chi connectivity index (χ2v) is 7.33. The number of sulfonamides is 1. The number of hydrogen-bond acceptors (Lipinski definition) is 5. The summed E-state index contributed by atoms with van der Waals surface area (Å²) in [5.74, 6) is 0.498. The second kappa shape index (κ2) is 7.19. The fourth-order valence-electron chi connectivity index (χ4n) is 2.61. The van der Waals surface area contributed by atoms with Crippen molar-refractivity contribution >= 4 is 15.7 Å². The van der Waals surface area contributed by atoms with E-state index in [0.717, 1.165) is 11.4 Å². The molecule has 1 aromatic heterocycles. The number of ether oxygens (including phenoxy) is 1. The van der Waals surface area contributed by atoms with Gasteiger partial charge >= 0.3 is 0 Å². The number of aromatic nitrogens is 2. The third-order valence-corrected chi connectivity index (χ3v) is 5.34. The van der Waals surface area contributed by atoms with Crippen molar-refractivity contribution in [3.63, 3.8) is 0 Å². The number of nitrogens with zero attached hydrogens (tertiary/aromatic N) is 2. The summed E-state index contributed by atoms with van der Waals surface area (Å²) < 4.78 is 35.0. The second-order valence-electron chi connectivity index (χ2n) is 5.68. The van der Waals surface area contributed by atoms with Gasteiger partial charge < -0.3 is 14.4 Å². The average molecular weight is 373 g/mol. The Bertz CT molecular complexity index is 1030. The van der Waals surface area contributed by atoms with Crippen molar-refractivity contribution in [3.8, 4) is 11.4 Å². The van der Waals surface area contributed by atoms with Crippen molar-refractivity contribution in [1.82, 2.24) is 9.55 Å². The molecule has 0 unspecified atom stereocenters. The highest BCUT2D eigenvalue weighted by atomic mass is 32.2. The molecule has 136 valence electrons. The van der Waals surface area contributed by atoms with Crippen LogP contribution in [0.2, 0.25) is 0 Å². The van der Waals surface area contributed by atoms with E-state index in [1.54, 1.807) is 47.3 Å². The van der Waals surface area contributed by atoms with E-state index in [9.17, 15) is 13.5 Å². The van der Waals surface area contributed by atoms with Crippen LogP contribution in [0.15, 0.2) is 59.9 Å². The first-order chi connectivity index (χ1) is 12.4. The van der Waals surface area contributed by atoms with E-state index in [-0.39, 0.29) is 11.5 Å². The zero-order valence-electron chi connectivity index (χ0n) is 14.4. The number of imidazole rings is 1. The van der Waals surface area contributed by atoms with Gasteiger partial charge in [-0.2, -0.15) is 0 Å². The summed E-state index contributed by atoms with van der Waals surface area (Å²) in [5.41, 5.74) is 2.29. The maximum Gasteiger partial charge on any atom is 0.262 e. The summed E-state index contributed by atoms with van der Waals surface area (Å²) in [5, 5.41) is 9.37. The van der Waals surface area contributed by atoms with Crippen LogP contribution < -0.4 is 9.46 Å². The number of methoxy groups -OCH3 is 1. The van der Waals surface area contributed by atoms with Gasteiger partial charge in [-0.1, -0.05) is 18.2 Å². The SMILES string of the molecule is COc1cc(NS(=O)(=O)c2ccccc2CO)ccc1-n1cnc(C)c1. The normalized spacial score (nSPS) is 11.3. The number of aliphatic hydroxyl groups is 1. The Labute approximate surface area is 151 Å². The van der Waals surface area contributed by atoms with Gasteiger partial charge in [0.15, 0.2) is 0 Å². The Morgan fingerprint density at radius 2 is 2.00 bits per heavy atom. The van der Waals surface area contributed by atoms with Crippen LogP contribution in [0.4, 0.5) is 5.69 Å². The van der Waals surface area contributed by atoms with Crippen LogP contribution in [-0.2, 0) is 16.6 Å². The number of rotatable bonds is 6. The molecule has 8 heteroatoms. The molecule has 0 fully saturated rings. The van der Waals surface area contributed by atoms with E-state index < -0.39 is 10.0 Å².